The van der Waals surface area contributed by atoms with E-state index < -0.39 is 0 Å². The van der Waals surface area contributed by atoms with E-state index in [4.69, 9.17) is 28.0 Å². The molecule has 0 aromatic heterocycles. The first-order valence-corrected chi connectivity index (χ1v) is 5.73. The van der Waals surface area contributed by atoms with E-state index in [1.807, 2.05) is 30.3 Å². The summed E-state index contributed by atoms with van der Waals surface area (Å²) < 4.78 is 0. The van der Waals surface area contributed by atoms with Crippen LogP contribution in [0.3, 0.4) is 0 Å². The fourth-order valence-electron chi connectivity index (χ4n) is 2.08. The number of nitrogens with zero attached hydrogens (tertiary/aromatic N) is 1. The summed E-state index contributed by atoms with van der Waals surface area (Å²) >= 11 is 12.2. The number of hydrogen-bond donors (Lipinski definition) is 0. The second kappa shape index (κ2) is 3.39. The minimum absolute atomic E-state index is 0.0376. The van der Waals surface area contributed by atoms with E-state index in [0.717, 1.165) is 11.3 Å². The molecule has 1 aromatic rings. The topological polar surface area (TPSA) is 21.6 Å². The van der Waals surface area contributed by atoms with Crippen LogP contribution >= 0.6 is 23.2 Å². The van der Waals surface area contributed by atoms with Crippen molar-refractivity contribution in [3.8, 4) is 0 Å². The summed E-state index contributed by atoms with van der Waals surface area (Å²) in [4.78, 5) is 5.27. The van der Waals surface area contributed by atoms with Crippen LogP contribution in [-0.2, 0) is 4.84 Å². The Morgan fingerprint density at radius 2 is 1.80 bits per heavy atom. The van der Waals surface area contributed by atoms with Gasteiger partial charge in [-0.2, -0.15) is 0 Å². The molecule has 3 rings (SSSR count). The average molecular weight is 242 g/mol. The Bertz CT molecular complexity index is 406. The maximum atomic E-state index is 6.15. The summed E-state index contributed by atoms with van der Waals surface area (Å²) in [5.74, 6) is 0.150. The zero-order valence-corrected chi connectivity index (χ0v) is 9.32. The van der Waals surface area contributed by atoms with Crippen molar-refractivity contribution in [3.63, 3.8) is 0 Å². The maximum Gasteiger partial charge on any atom is 0.155 e. The third-order valence-corrected chi connectivity index (χ3v) is 4.16. The van der Waals surface area contributed by atoms with Crippen LogP contribution in [0.1, 0.15) is 5.56 Å². The van der Waals surface area contributed by atoms with Crippen molar-refractivity contribution in [1.82, 2.24) is 0 Å². The zero-order chi connectivity index (χ0) is 10.4. The smallest absolute Gasteiger partial charge is 0.155 e. The molecule has 1 aliphatic carbocycles. The van der Waals surface area contributed by atoms with Crippen molar-refractivity contribution in [1.29, 1.82) is 0 Å². The normalized spacial score (nSPS) is 37.6. The minimum Gasteiger partial charge on any atom is -0.390 e. The second-order valence-electron chi connectivity index (χ2n) is 3.83. The van der Waals surface area contributed by atoms with E-state index >= 15 is 0 Å². The molecule has 0 unspecified atom stereocenters. The van der Waals surface area contributed by atoms with E-state index in [2.05, 4.69) is 5.16 Å². The number of oxime groups is 1. The molecule has 1 saturated carbocycles. The molecular formula is C11H9Cl2NO. The van der Waals surface area contributed by atoms with Crippen molar-refractivity contribution in [2.24, 2.45) is 11.1 Å². The molecule has 1 heterocycles. The average Bonchev–Trinajstić information content (AvgIpc) is 2.70. The Morgan fingerprint density at radius 1 is 1.07 bits per heavy atom. The Balaban J connectivity index is 1.91. The molecule has 78 valence electrons. The zero-order valence-electron chi connectivity index (χ0n) is 7.81. The molecule has 2 aliphatic rings. The largest absolute Gasteiger partial charge is 0.390 e. The minimum atomic E-state index is -0.123. The molecule has 15 heavy (non-hydrogen) atoms. The highest BCUT2D eigenvalue weighted by Crippen LogP contribution is 2.45. The Morgan fingerprint density at radius 3 is 2.53 bits per heavy atom. The highest BCUT2D eigenvalue weighted by molar-refractivity contribution is 6.34. The van der Waals surface area contributed by atoms with Gasteiger partial charge < -0.3 is 4.84 Å². The third-order valence-electron chi connectivity index (χ3n) is 2.97. The van der Waals surface area contributed by atoms with Crippen LogP contribution in [0, 0.1) is 5.92 Å². The standard InChI is InChI=1S/C11H9Cl2NO/c12-8-7-10(6-4-2-1-3-5-6)14-15-11(7)9(8)13/h1-5,7-9,11H/t7-,8-,9+,11+/m0/s1. The molecule has 0 spiro atoms. The van der Waals surface area contributed by atoms with Gasteiger partial charge in [-0.3, -0.25) is 0 Å². The van der Waals surface area contributed by atoms with Crippen LogP contribution in [0.5, 0.6) is 0 Å². The summed E-state index contributed by atoms with van der Waals surface area (Å²) in [5, 5.41) is 3.88. The van der Waals surface area contributed by atoms with Crippen molar-refractivity contribution in [3.05, 3.63) is 35.9 Å². The van der Waals surface area contributed by atoms with E-state index in [1.165, 1.54) is 0 Å². The van der Waals surface area contributed by atoms with Gasteiger partial charge in [0.1, 0.15) is 0 Å². The fourth-order valence-corrected chi connectivity index (χ4v) is 2.84. The van der Waals surface area contributed by atoms with Crippen LogP contribution in [0.25, 0.3) is 0 Å². The fraction of sp³-hybridized carbons (Fsp3) is 0.364. The summed E-state index contributed by atoms with van der Waals surface area (Å²) in [6, 6.07) is 9.95. The van der Waals surface area contributed by atoms with Gasteiger partial charge in [-0.1, -0.05) is 35.5 Å². The molecule has 1 aromatic carbocycles. The van der Waals surface area contributed by atoms with Crippen LogP contribution in [-0.4, -0.2) is 22.6 Å². The SMILES string of the molecule is Cl[C@@H]1[C@@H](Cl)[C@H]2C(c3ccccc3)=NO[C@@H]12. The lowest BCUT2D eigenvalue weighted by Gasteiger charge is -2.39. The highest BCUT2D eigenvalue weighted by Gasteiger charge is 2.56. The molecule has 0 amide bonds. The predicted octanol–water partition coefficient (Wildman–Crippen LogP) is 2.63. The number of alkyl halides is 2. The molecular weight excluding hydrogens is 233 g/mol. The van der Waals surface area contributed by atoms with Gasteiger partial charge in [-0.25, -0.2) is 0 Å². The van der Waals surface area contributed by atoms with Crippen LogP contribution in [0.4, 0.5) is 0 Å². The molecule has 1 aliphatic heterocycles. The Labute approximate surface area is 97.8 Å². The first-order valence-electron chi connectivity index (χ1n) is 4.86. The second-order valence-corrected chi connectivity index (χ2v) is 4.84. The molecule has 0 radical (unpaired) electrons. The summed E-state index contributed by atoms with van der Waals surface area (Å²) in [7, 11) is 0. The van der Waals surface area contributed by atoms with Crippen molar-refractivity contribution in [2.75, 3.05) is 0 Å². The number of benzene rings is 1. The molecule has 4 heteroatoms. The van der Waals surface area contributed by atoms with E-state index in [0.29, 0.717) is 0 Å². The van der Waals surface area contributed by atoms with Gasteiger partial charge in [-0.15, -0.1) is 23.2 Å². The summed E-state index contributed by atoms with van der Waals surface area (Å²) in [6.07, 6.45) is -0.0376. The molecule has 1 fully saturated rings. The quantitative estimate of drug-likeness (QED) is 0.693. The van der Waals surface area contributed by atoms with Crippen molar-refractivity contribution >= 4 is 28.9 Å². The van der Waals surface area contributed by atoms with Crippen LogP contribution < -0.4 is 0 Å². The van der Waals surface area contributed by atoms with Gasteiger partial charge in [-0.05, 0) is 5.56 Å². The van der Waals surface area contributed by atoms with Crippen molar-refractivity contribution in [2.45, 2.75) is 16.9 Å². The maximum absolute atomic E-state index is 6.15. The van der Waals surface area contributed by atoms with Crippen LogP contribution in [0.15, 0.2) is 35.5 Å². The molecule has 4 atom stereocenters. The highest BCUT2D eigenvalue weighted by atomic mass is 35.5. The van der Waals surface area contributed by atoms with Gasteiger partial charge in [0.05, 0.1) is 22.4 Å². The number of fused-ring (bicyclic) bond motifs is 1. The summed E-state index contributed by atoms with van der Waals surface area (Å²) in [5.41, 5.74) is 2.00. The number of halogens is 2. The summed E-state index contributed by atoms with van der Waals surface area (Å²) in [6.45, 7) is 0. The first-order chi connectivity index (χ1) is 7.29. The monoisotopic (exact) mass is 241 g/mol. The molecule has 0 bridgehead atoms. The van der Waals surface area contributed by atoms with E-state index in [1.54, 1.807) is 0 Å². The van der Waals surface area contributed by atoms with Gasteiger partial charge in [0.15, 0.2) is 6.10 Å². The Kier molecular flexibility index (Phi) is 2.15. The van der Waals surface area contributed by atoms with Crippen LogP contribution in [0.2, 0.25) is 0 Å². The lowest BCUT2D eigenvalue weighted by Crippen LogP contribution is -2.55. The predicted molar refractivity (Wildman–Crippen MR) is 60.6 cm³/mol. The third kappa shape index (κ3) is 1.28. The molecule has 0 saturated heterocycles. The van der Waals surface area contributed by atoms with E-state index in [-0.39, 0.29) is 22.8 Å². The molecule has 0 N–H and O–H groups in total. The Hall–Kier alpha value is -0.730. The van der Waals surface area contributed by atoms with Gasteiger partial charge in [0.2, 0.25) is 0 Å². The number of rotatable bonds is 1. The molecule has 2 nitrogen and oxygen atoms in total. The van der Waals surface area contributed by atoms with Crippen molar-refractivity contribution < 1.29 is 4.84 Å². The lowest BCUT2D eigenvalue weighted by molar-refractivity contribution is 0.0166. The van der Waals surface area contributed by atoms with Gasteiger partial charge >= 0.3 is 0 Å². The number of hydrogen-bond acceptors (Lipinski definition) is 2. The lowest BCUT2D eigenvalue weighted by atomic mass is 9.76. The van der Waals surface area contributed by atoms with E-state index in [9.17, 15) is 0 Å². The first kappa shape index (κ1) is 9.49. The van der Waals surface area contributed by atoms with Gasteiger partial charge in [0, 0.05) is 0 Å². The van der Waals surface area contributed by atoms with Gasteiger partial charge in [0.25, 0.3) is 0 Å².